The van der Waals surface area contributed by atoms with Gasteiger partial charge in [0, 0.05) is 50.0 Å². The Kier molecular flexibility index (Phi) is 13.4. The van der Waals surface area contributed by atoms with Crippen LogP contribution >= 0.6 is 0 Å². The van der Waals surface area contributed by atoms with E-state index < -0.39 is 0 Å². The predicted octanol–water partition coefficient (Wildman–Crippen LogP) is 20.8. The Hall–Kier alpha value is -8.11. The van der Waals surface area contributed by atoms with E-state index in [4.69, 9.17) is 9.72 Å². The number of fused-ring (bicyclic) bond motifs is 10. The number of anilines is 2. The topological polar surface area (TPSA) is 35.2 Å². The number of para-hydroxylation sites is 3. The average molecular weight is 1250 g/mol. The third-order valence-corrected chi connectivity index (χ3v) is 16.5. The summed E-state index contributed by atoms with van der Waals surface area (Å²) in [7, 11) is 0. The van der Waals surface area contributed by atoms with Crippen molar-refractivity contribution in [3.05, 3.63) is 235 Å². The number of hydrogen-bond acceptors (Lipinski definition) is 3. The number of pyridine rings is 1. The molecule has 12 aromatic rings. The van der Waals surface area contributed by atoms with Gasteiger partial charge in [-0.1, -0.05) is 228 Å². The molecule has 1 aliphatic heterocycles. The van der Waals surface area contributed by atoms with E-state index in [0.29, 0.717) is 11.5 Å². The molecule has 0 bridgehead atoms. The Bertz CT molecular complexity index is 4570. The van der Waals surface area contributed by atoms with Gasteiger partial charge < -0.3 is 18.8 Å². The molecule has 0 aliphatic carbocycles. The van der Waals surface area contributed by atoms with Gasteiger partial charge in [0.1, 0.15) is 5.82 Å². The summed E-state index contributed by atoms with van der Waals surface area (Å²) < 4.78 is 11.7. The van der Waals surface area contributed by atoms with Crippen molar-refractivity contribution in [2.45, 2.75) is 105 Å². The SMILES string of the molecule is CC(C)(C)c1ccc(-c2cc(-c3cccc4c5ccccc5c5ccccc5c5cccc6c5n(c34)[CH-]N6c3[c-]c(Oc4[c-]c5c(cc4)c4ccccc4n5-c4cc(C(C)(C)C)ccn4)cc(C(C)(C)C)c3)cc(C(C)(C)C)c2)cc1.[Pt]. The van der Waals surface area contributed by atoms with Crippen LogP contribution in [-0.2, 0) is 42.7 Å². The van der Waals surface area contributed by atoms with Crippen molar-refractivity contribution in [1.82, 2.24) is 14.1 Å². The van der Waals surface area contributed by atoms with Crippen LogP contribution in [0.5, 0.6) is 11.5 Å². The Labute approximate surface area is 497 Å². The number of ether oxygens (including phenoxy) is 1. The van der Waals surface area contributed by atoms with Gasteiger partial charge in [-0.15, -0.1) is 41.3 Å². The van der Waals surface area contributed by atoms with E-state index in [1.165, 1.54) is 49.4 Å². The quantitative estimate of drug-likeness (QED) is 0.156. The number of nitrogens with zero attached hydrogens (tertiary/aromatic N) is 4. The van der Waals surface area contributed by atoms with Crippen LogP contribution in [0.2, 0.25) is 0 Å². The van der Waals surface area contributed by atoms with Crippen LogP contribution in [0.1, 0.15) is 105 Å². The minimum absolute atomic E-state index is 0. The molecule has 0 unspecified atom stereocenters. The van der Waals surface area contributed by atoms with Gasteiger partial charge in [0.15, 0.2) is 0 Å². The fourth-order valence-electron chi connectivity index (χ4n) is 11.9. The number of benzene rings is 9. The first-order valence-electron chi connectivity index (χ1n) is 28.5. The van der Waals surface area contributed by atoms with E-state index in [9.17, 15) is 0 Å². The standard InChI is InChI=1S/C76H69N4O.Pt/c1-73(2,3)51-33-31-48(32-34-51)49-39-50(41-53(40-49)75(7,8)9)58-26-19-27-65-61-23-15-13-21-59(61)60-22-14-16-24-62(60)66-28-20-30-68-72(66)79(71(58)65)47-78(68)55-42-54(76(10,11)12)43-57(45-55)81-56-35-36-64-63-25-17-18-29-67(63)80(69(64)46-56)70-44-52(37-38-77-70)74(4,5)6;/h13-44,47H,1-12H3;/q-3;. The Morgan fingerprint density at radius 3 is 1.62 bits per heavy atom. The van der Waals surface area contributed by atoms with Gasteiger partial charge in [-0.25, -0.2) is 4.98 Å². The molecule has 0 fully saturated rings. The van der Waals surface area contributed by atoms with Gasteiger partial charge in [-0.2, -0.15) is 6.07 Å². The summed E-state index contributed by atoms with van der Waals surface area (Å²) in [6.07, 6.45) is 1.92. The maximum atomic E-state index is 7.05. The van der Waals surface area contributed by atoms with Crippen LogP contribution in [0.15, 0.2) is 194 Å². The summed E-state index contributed by atoms with van der Waals surface area (Å²) in [5.41, 5.74) is 15.4. The van der Waals surface area contributed by atoms with Gasteiger partial charge in [0.25, 0.3) is 0 Å². The van der Waals surface area contributed by atoms with E-state index in [-0.39, 0.29) is 42.7 Å². The first-order chi connectivity index (χ1) is 38.7. The number of hydrogen-bond donors (Lipinski definition) is 0. The van der Waals surface area contributed by atoms with E-state index >= 15 is 0 Å². The second-order valence-corrected chi connectivity index (χ2v) is 26.3. The van der Waals surface area contributed by atoms with E-state index in [1.54, 1.807) is 0 Å². The molecule has 3 aromatic heterocycles. The van der Waals surface area contributed by atoms with Gasteiger partial charge in [0.2, 0.25) is 0 Å². The average Bonchev–Trinajstić information content (AvgIpc) is 3.42. The zero-order chi connectivity index (χ0) is 56.3. The normalized spacial score (nSPS) is 12.9. The van der Waals surface area contributed by atoms with Crippen molar-refractivity contribution in [3.63, 3.8) is 0 Å². The van der Waals surface area contributed by atoms with Crippen LogP contribution in [0, 0.1) is 18.8 Å². The van der Waals surface area contributed by atoms with Crippen molar-refractivity contribution in [3.8, 4) is 39.6 Å². The molecule has 0 N–H and O–H groups in total. The molecule has 412 valence electrons. The van der Waals surface area contributed by atoms with Crippen molar-refractivity contribution < 1.29 is 25.8 Å². The van der Waals surface area contributed by atoms with Gasteiger partial charge in [0.05, 0.1) is 0 Å². The molecule has 5 nitrogen and oxygen atoms in total. The molecule has 13 rings (SSSR count). The smallest absolute Gasteiger partial charge is 0.135 e. The van der Waals surface area contributed by atoms with Crippen LogP contribution in [0.25, 0.3) is 93.2 Å². The fraction of sp³-hybridized carbons (Fsp3) is 0.211. The molecule has 0 saturated heterocycles. The molecule has 6 heteroatoms. The van der Waals surface area contributed by atoms with Gasteiger partial charge in [-0.05, 0) is 146 Å². The second-order valence-electron chi connectivity index (χ2n) is 26.3. The zero-order valence-electron chi connectivity index (χ0n) is 49.1. The maximum absolute atomic E-state index is 7.05. The van der Waals surface area contributed by atoms with Crippen LogP contribution in [0.4, 0.5) is 11.4 Å². The van der Waals surface area contributed by atoms with Crippen LogP contribution in [-0.4, -0.2) is 14.1 Å². The van der Waals surface area contributed by atoms with Crippen LogP contribution in [0.3, 0.4) is 0 Å². The number of rotatable bonds is 6. The zero-order valence-corrected chi connectivity index (χ0v) is 51.3. The molecule has 4 heterocycles. The minimum atomic E-state index is -0.234. The van der Waals surface area contributed by atoms with Crippen molar-refractivity contribution in [2.24, 2.45) is 0 Å². The maximum Gasteiger partial charge on any atom is 0.135 e. The van der Waals surface area contributed by atoms with Crippen molar-refractivity contribution in [2.75, 3.05) is 4.90 Å². The predicted molar refractivity (Wildman–Crippen MR) is 342 cm³/mol. The molecule has 0 amide bonds. The molecule has 0 spiro atoms. The summed E-state index contributed by atoms with van der Waals surface area (Å²) >= 11 is 0. The monoisotopic (exact) mass is 1250 g/mol. The minimum Gasteiger partial charge on any atom is -0.509 e. The Morgan fingerprint density at radius 2 is 0.976 bits per heavy atom. The molecule has 0 radical (unpaired) electrons. The fourth-order valence-corrected chi connectivity index (χ4v) is 11.9. The second kappa shape index (κ2) is 20.1. The summed E-state index contributed by atoms with van der Waals surface area (Å²) in [6.45, 7) is 29.6. The van der Waals surface area contributed by atoms with Gasteiger partial charge >= 0.3 is 0 Å². The largest absolute Gasteiger partial charge is 0.509 e. The van der Waals surface area contributed by atoms with E-state index in [2.05, 4.69) is 298 Å². The summed E-state index contributed by atoms with van der Waals surface area (Å²) in [6, 6.07) is 76.9. The molecule has 1 aliphatic rings. The Morgan fingerprint density at radius 1 is 0.415 bits per heavy atom. The summed E-state index contributed by atoms with van der Waals surface area (Å²) in [4.78, 5) is 7.27. The third kappa shape index (κ3) is 9.61. The van der Waals surface area contributed by atoms with Crippen molar-refractivity contribution in [1.29, 1.82) is 0 Å². The van der Waals surface area contributed by atoms with E-state index in [1.807, 2.05) is 12.3 Å². The molecule has 9 aromatic carbocycles. The summed E-state index contributed by atoms with van der Waals surface area (Å²) in [5, 5.41) is 9.25. The number of aromatic nitrogens is 3. The molecule has 82 heavy (non-hydrogen) atoms. The van der Waals surface area contributed by atoms with Crippen molar-refractivity contribution >= 4 is 76.5 Å². The third-order valence-electron chi connectivity index (χ3n) is 16.5. The Balaban J connectivity index is 0.00000665. The summed E-state index contributed by atoms with van der Waals surface area (Å²) in [5.74, 6) is 2.05. The first kappa shape index (κ1) is 54.5. The van der Waals surface area contributed by atoms with E-state index in [0.717, 1.165) is 77.5 Å². The van der Waals surface area contributed by atoms with Gasteiger partial charge in [-0.3, -0.25) is 0 Å². The molecular formula is C76H69N4OPt-3. The molecular weight excluding hydrogens is 1180 g/mol. The molecule has 0 saturated carbocycles. The first-order valence-corrected chi connectivity index (χ1v) is 28.5. The molecule has 0 atom stereocenters. The van der Waals surface area contributed by atoms with Crippen LogP contribution < -0.4 is 9.64 Å².